The first kappa shape index (κ1) is 23.1. The van der Waals surface area contributed by atoms with Crippen LogP contribution in [0.5, 0.6) is 0 Å². The first-order chi connectivity index (χ1) is 15.9. The highest BCUT2D eigenvalue weighted by molar-refractivity contribution is 7.18. The van der Waals surface area contributed by atoms with E-state index in [0.717, 1.165) is 15.3 Å². The molecule has 1 atom stereocenters. The summed E-state index contributed by atoms with van der Waals surface area (Å²) >= 11 is 7.35. The minimum Gasteiger partial charge on any atom is -0.385 e. The fraction of sp³-hybridized carbons (Fsp3) is 0.217. The van der Waals surface area contributed by atoms with Gasteiger partial charge in [0.25, 0.3) is 5.91 Å². The van der Waals surface area contributed by atoms with Gasteiger partial charge in [0.15, 0.2) is 0 Å². The van der Waals surface area contributed by atoms with E-state index in [4.69, 9.17) is 11.6 Å². The maximum absolute atomic E-state index is 13.0. The van der Waals surface area contributed by atoms with Crippen LogP contribution < -0.4 is 16.1 Å². The number of benzene rings is 1. The smallest absolute Gasteiger partial charge is 0.257 e. The number of amides is 1. The van der Waals surface area contributed by atoms with E-state index in [1.807, 2.05) is 19.2 Å². The SMILES string of the molecule is Cn1cc(C(=O)NCc2ccc(Cl)cc2)c(=O)c2cc(CNCC(O)c3cnccn3)sc21. The van der Waals surface area contributed by atoms with Crippen LogP contribution in [-0.2, 0) is 20.1 Å². The third-order valence-electron chi connectivity index (χ3n) is 5.07. The minimum atomic E-state index is -0.782. The summed E-state index contributed by atoms with van der Waals surface area (Å²) in [6, 6.07) is 8.94. The van der Waals surface area contributed by atoms with E-state index in [1.165, 1.54) is 23.7 Å². The van der Waals surface area contributed by atoms with Crippen molar-refractivity contribution in [3.63, 3.8) is 0 Å². The number of aromatic nitrogens is 3. The van der Waals surface area contributed by atoms with Crippen molar-refractivity contribution < 1.29 is 9.90 Å². The predicted molar refractivity (Wildman–Crippen MR) is 128 cm³/mol. The van der Waals surface area contributed by atoms with E-state index in [1.54, 1.807) is 35.2 Å². The number of rotatable bonds is 8. The summed E-state index contributed by atoms with van der Waals surface area (Å²) in [5.74, 6) is -0.426. The summed E-state index contributed by atoms with van der Waals surface area (Å²) in [5, 5.41) is 17.3. The van der Waals surface area contributed by atoms with Crippen molar-refractivity contribution in [2.75, 3.05) is 6.54 Å². The molecular formula is C23H22ClN5O3S. The molecule has 3 N–H and O–H groups in total. The molecule has 4 rings (SSSR count). The number of halogens is 1. The average Bonchev–Trinajstić information content (AvgIpc) is 3.26. The lowest BCUT2D eigenvalue weighted by atomic mass is 10.2. The van der Waals surface area contributed by atoms with Gasteiger partial charge in [-0.15, -0.1) is 11.3 Å². The van der Waals surface area contributed by atoms with Gasteiger partial charge in [-0.3, -0.25) is 19.6 Å². The molecule has 1 unspecified atom stereocenters. The van der Waals surface area contributed by atoms with Gasteiger partial charge in [0.05, 0.1) is 17.3 Å². The summed E-state index contributed by atoms with van der Waals surface area (Å²) < 4.78 is 1.79. The zero-order valence-corrected chi connectivity index (χ0v) is 19.4. The van der Waals surface area contributed by atoms with Crippen molar-refractivity contribution in [2.45, 2.75) is 19.2 Å². The number of nitrogens with one attached hydrogen (secondary N) is 2. The van der Waals surface area contributed by atoms with Crippen LogP contribution in [0.1, 0.15) is 32.6 Å². The second-order valence-corrected chi connectivity index (χ2v) is 9.05. The highest BCUT2D eigenvalue weighted by Crippen LogP contribution is 2.23. The van der Waals surface area contributed by atoms with Crippen molar-refractivity contribution >= 4 is 39.1 Å². The van der Waals surface area contributed by atoms with Crippen LogP contribution in [0.3, 0.4) is 0 Å². The Balaban J connectivity index is 1.44. The maximum atomic E-state index is 13.0. The molecule has 1 aromatic carbocycles. The number of aliphatic hydroxyl groups is 1. The number of hydrogen-bond acceptors (Lipinski definition) is 7. The van der Waals surface area contributed by atoms with Crippen LogP contribution >= 0.6 is 22.9 Å². The average molecular weight is 484 g/mol. The van der Waals surface area contributed by atoms with Crippen LogP contribution in [0.2, 0.25) is 5.02 Å². The van der Waals surface area contributed by atoms with Crippen LogP contribution in [0.25, 0.3) is 10.2 Å². The Morgan fingerprint density at radius 3 is 2.76 bits per heavy atom. The number of nitrogens with zero attached hydrogens (tertiary/aromatic N) is 3. The van der Waals surface area contributed by atoms with Gasteiger partial charge in [-0.2, -0.15) is 0 Å². The molecule has 0 saturated carbocycles. The fourth-order valence-electron chi connectivity index (χ4n) is 3.36. The van der Waals surface area contributed by atoms with Gasteiger partial charge >= 0.3 is 0 Å². The first-order valence-corrected chi connectivity index (χ1v) is 11.4. The number of aliphatic hydroxyl groups excluding tert-OH is 1. The maximum Gasteiger partial charge on any atom is 0.257 e. The third-order valence-corrected chi connectivity index (χ3v) is 6.55. The van der Waals surface area contributed by atoms with Crippen molar-refractivity contribution in [1.82, 2.24) is 25.2 Å². The molecule has 0 saturated heterocycles. The molecule has 8 nitrogen and oxygen atoms in total. The zero-order valence-electron chi connectivity index (χ0n) is 17.8. The predicted octanol–water partition coefficient (Wildman–Crippen LogP) is 2.80. The summed E-state index contributed by atoms with van der Waals surface area (Å²) in [5.41, 5.74) is 1.16. The summed E-state index contributed by atoms with van der Waals surface area (Å²) in [6.07, 6.45) is 5.38. The highest BCUT2D eigenvalue weighted by atomic mass is 35.5. The molecule has 0 bridgehead atoms. The van der Waals surface area contributed by atoms with Crippen LogP contribution in [0.4, 0.5) is 0 Å². The molecule has 3 aromatic heterocycles. The van der Waals surface area contributed by atoms with Gasteiger partial charge in [0.1, 0.15) is 16.5 Å². The topological polar surface area (TPSA) is 109 Å². The Hall–Kier alpha value is -3.11. The molecule has 3 heterocycles. The number of pyridine rings is 1. The van der Waals surface area contributed by atoms with E-state index < -0.39 is 12.0 Å². The van der Waals surface area contributed by atoms with Crippen LogP contribution in [-0.4, -0.2) is 32.1 Å². The molecule has 33 heavy (non-hydrogen) atoms. The number of fused-ring (bicyclic) bond motifs is 1. The Morgan fingerprint density at radius 2 is 2.03 bits per heavy atom. The largest absolute Gasteiger partial charge is 0.385 e. The minimum absolute atomic E-state index is 0.0920. The first-order valence-electron chi connectivity index (χ1n) is 10.2. The second-order valence-electron chi connectivity index (χ2n) is 7.50. The number of carbonyl (C=O) groups excluding carboxylic acids is 1. The van der Waals surface area contributed by atoms with Crippen molar-refractivity contribution in [3.8, 4) is 0 Å². The Kier molecular flexibility index (Phi) is 7.14. The quantitative estimate of drug-likeness (QED) is 0.355. The normalized spacial score (nSPS) is 12.1. The number of aryl methyl sites for hydroxylation is 1. The van der Waals surface area contributed by atoms with Crippen molar-refractivity contribution in [3.05, 3.63) is 92.1 Å². The van der Waals surface area contributed by atoms with E-state index in [0.29, 0.717) is 35.7 Å². The standard InChI is InChI=1S/C23H22ClN5O3S/c1-29-13-18(22(32)28-9-14-2-4-15(24)5-3-14)21(31)17-8-16(33-23(17)29)10-26-12-20(30)19-11-25-6-7-27-19/h2-8,11,13,20,26,30H,9-10,12H2,1H3,(H,28,32). The molecule has 170 valence electrons. The molecule has 0 spiro atoms. The molecule has 0 aliphatic heterocycles. The van der Waals surface area contributed by atoms with E-state index >= 15 is 0 Å². The Labute approximate surface area is 198 Å². The van der Waals surface area contributed by atoms with Gasteiger partial charge < -0.3 is 20.3 Å². The summed E-state index contributed by atoms with van der Waals surface area (Å²) in [6.45, 7) is 1.06. The zero-order chi connectivity index (χ0) is 23.4. The molecule has 0 aliphatic rings. The van der Waals surface area contributed by atoms with E-state index in [9.17, 15) is 14.7 Å². The van der Waals surface area contributed by atoms with Crippen LogP contribution in [0.15, 0.2) is 59.9 Å². The summed E-state index contributed by atoms with van der Waals surface area (Å²) in [7, 11) is 1.81. The Bertz CT molecular complexity index is 1320. The van der Waals surface area contributed by atoms with Gasteiger partial charge in [-0.1, -0.05) is 23.7 Å². The van der Waals surface area contributed by atoms with Gasteiger partial charge in [0, 0.05) is 55.2 Å². The van der Waals surface area contributed by atoms with Gasteiger partial charge in [0.2, 0.25) is 5.43 Å². The Morgan fingerprint density at radius 1 is 1.24 bits per heavy atom. The lowest BCUT2D eigenvalue weighted by Gasteiger charge is -2.09. The van der Waals surface area contributed by atoms with Crippen molar-refractivity contribution in [1.29, 1.82) is 0 Å². The monoisotopic (exact) mass is 483 g/mol. The third kappa shape index (κ3) is 5.45. The number of hydrogen-bond donors (Lipinski definition) is 3. The van der Waals surface area contributed by atoms with E-state index in [-0.39, 0.29) is 11.0 Å². The second kappa shape index (κ2) is 10.2. The lowest BCUT2D eigenvalue weighted by Crippen LogP contribution is -2.29. The highest BCUT2D eigenvalue weighted by Gasteiger charge is 2.17. The van der Waals surface area contributed by atoms with Gasteiger partial charge in [-0.05, 0) is 23.8 Å². The molecule has 0 radical (unpaired) electrons. The molecular weight excluding hydrogens is 462 g/mol. The number of thiophene rings is 1. The van der Waals surface area contributed by atoms with E-state index in [2.05, 4.69) is 20.6 Å². The molecule has 10 heteroatoms. The molecule has 0 fully saturated rings. The van der Waals surface area contributed by atoms with Gasteiger partial charge in [-0.25, -0.2) is 0 Å². The molecule has 1 amide bonds. The molecule has 0 aliphatic carbocycles. The van der Waals surface area contributed by atoms with Crippen LogP contribution in [0, 0.1) is 0 Å². The molecule has 4 aromatic rings. The summed E-state index contributed by atoms with van der Waals surface area (Å²) in [4.78, 5) is 35.4. The number of carbonyl (C=O) groups is 1. The lowest BCUT2D eigenvalue weighted by molar-refractivity contribution is 0.0949. The van der Waals surface area contributed by atoms with Crippen molar-refractivity contribution in [2.24, 2.45) is 7.05 Å². The fourth-order valence-corrected chi connectivity index (χ4v) is 4.54.